The second-order valence-corrected chi connectivity index (χ2v) is 3.73. The van der Waals surface area contributed by atoms with Crippen LogP contribution >= 0.6 is 15.9 Å². The third kappa shape index (κ3) is 4.15. The minimum absolute atomic E-state index is 0.204. The number of hydrogen-bond donors (Lipinski definition) is 0. The smallest absolute Gasteiger partial charge is 0.481 e. The molecule has 0 radical (unpaired) electrons. The summed E-state index contributed by atoms with van der Waals surface area (Å²) in [4.78, 5) is 3.35. The van der Waals surface area contributed by atoms with Gasteiger partial charge in [-0.1, -0.05) is 15.9 Å². The van der Waals surface area contributed by atoms with Crippen LogP contribution in [-0.4, -0.2) is 18.5 Å². The molecule has 0 saturated heterocycles. The van der Waals surface area contributed by atoms with E-state index in [1.165, 1.54) is 0 Å². The molecule has 0 bridgehead atoms. The third-order valence-corrected chi connectivity index (χ3v) is 2.41. The number of methoxy groups -OCH3 is 1. The molecule has 0 aliphatic rings. The van der Waals surface area contributed by atoms with Crippen molar-refractivity contribution >= 4 is 15.9 Å². The number of pyridine rings is 1. The standard InChI is InChI=1S/C9H6BrF6NO2/c1-18-7-4(8(11,12)13)2-6(5(3-10)17-7)19-9(14,15)16/h2H,3H2,1H3. The molecular weight excluding hydrogens is 348 g/mol. The van der Waals surface area contributed by atoms with E-state index in [1.54, 1.807) is 0 Å². The molecule has 1 rings (SSSR count). The summed E-state index contributed by atoms with van der Waals surface area (Å²) in [6.07, 6.45) is -10.0. The summed E-state index contributed by atoms with van der Waals surface area (Å²) in [5.74, 6) is -1.85. The molecule has 0 saturated carbocycles. The Balaban J connectivity index is 3.38. The van der Waals surface area contributed by atoms with E-state index in [2.05, 4.69) is 30.4 Å². The maximum Gasteiger partial charge on any atom is 0.573 e. The van der Waals surface area contributed by atoms with Gasteiger partial charge < -0.3 is 9.47 Å². The highest BCUT2D eigenvalue weighted by atomic mass is 79.9. The van der Waals surface area contributed by atoms with Crippen molar-refractivity contribution in [3.8, 4) is 11.6 Å². The summed E-state index contributed by atoms with van der Waals surface area (Å²) in [6, 6.07) is 0.204. The number of hydrogen-bond acceptors (Lipinski definition) is 3. The lowest BCUT2D eigenvalue weighted by Gasteiger charge is -2.16. The molecule has 1 heterocycles. The van der Waals surface area contributed by atoms with E-state index in [4.69, 9.17) is 0 Å². The summed E-state index contributed by atoms with van der Waals surface area (Å²) < 4.78 is 82.0. The lowest BCUT2D eigenvalue weighted by Crippen LogP contribution is -2.20. The largest absolute Gasteiger partial charge is 0.573 e. The zero-order valence-corrected chi connectivity index (χ0v) is 10.8. The quantitative estimate of drug-likeness (QED) is 0.610. The van der Waals surface area contributed by atoms with Crippen molar-refractivity contribution in [1.29, 1.82) is 0 Å². The molecule has 0 unspecified atom stereocenters. The lowest BCUT2D eigenvalue weighted by atomic mass is 10.2. The van der Waals surface area contributed by atoms with E-state index in [9.17, 15) is 26.3 Å². The first kappa shape index (κ1) is 15.9. The Kier molecular flexibility index (Phi) is 4.54. The van der Waals surface area contributed by atoms with E-state index in [-0.39, 0.29) is 17.1 Å². The fraction of sp³-hybridized carbons (Fsp3) is 0.444. The maximum absolute atomic E-state index is 12.6. The third-order valence-electron chi connectivity index (χ3n) is 1.88. The first-order chi connectivity index (χ1) is 8.58. The summed E-state index contributed by atoms with van der Waals surface area (Å²) in [7, 11) is 0.930. The highest BCUT2D eigenvalue weighted by Crippen LogP contribution is 2.39. The van der Waals surface area contributed by atoms with Crippen molar-refractivity contribution in [2.75, 3.05) is 7.11 Å². The van der Waals surface area contributed by atoms with E-state index in [1.807, 2.05) is 0 Å². The van der Waals surface area contributed by atoms with Gasteiger partial charge in [-0.15, -0.1) is 13.2 Å². The summed E-state index contributed by atoms with van der Waals surface area (Å²) in [5, 5.41) is -0.229. The van der Waals surface area contributed by atoms with Crippen LogP contribution in [0.15, 0.2) is 6.07 Å². The fourth-order valence-electron chi connectivity index (χ4n) is 1.18. The second-order valence-electron chi connectivity index (χ2n) is 3.17. The van der Waals surface area contributed by atoms with Crippen LogP contribution in [0.3, 0.4) is 0 Å². The zero-order valence-electron chi connectivity index (χ0n) is 9.19. The van der Waals surface area contributed by atoms with Gasteiger partial charge in [0.05, 0.1) is 12.8 Å². The number of alkyl halides is 7. The van der Waals surface area contributed by atoms with Crippen LogP contribution in [0.5, 0.6) is 11.6 Å². The van der Waals surface area contributed by atoms with Crippen LogP contribution in [0.4, 0.5) is 26.3 Å². The van der Waals surface area contributed by atoms with Gasteiger partial charge >= 0.3 is 12.5 Å². The fourth-order valence-corrected chi connectivity index (χ4v) is 1.58. The Morgan fingerprint density at radius 1 is 1.21 bits per heavy atom. The van der Waals surface area contributed by atoms with Crippen LogP contribution in [0, 0.1) is 0 Å². The van der Waals surface area contributed by atoms with Gasteiger partial charge in [-0.25, -0.2) is 4.98 Å². The van der Waals surface area contributed by atoms with Gasteiger partial charge in [0.2, 0.25) is 5.88 Å². The van der Waals surface area contributed by atoms with Crippen LogP contribution < -0.4 is 9.47 Å². The van der Waals surface area contributed by atoms with Gasteiger partial charge in [0.15, 0.2) is 5.75 Å². The number of aromatic nitrogens is 1. The predicted octanol–water partition coefficient (Wildman–Crippen LogP) is 3.90. The molecular formula is C9H6BrF6NO2. The Morgan fingerprint density at radius 3 is 2.16 bits per heavy atom. The Hall–Kier alpha value is -1.19. The van der Waals surface area contributed by atoms with Crippen molar-refractivity contribution in [2.45, 2.75) is 17.9 Å². The summed E-state index contributed by atoms with van der Waals surface area (Å²) in [6.45, 7) is 0. The molecule has 0 spiro atoms. The van der Waals surface area contributed by atoms with E-state index < -0.39 is 29.7 Å². The van der Waals surface area contributed by atoms with Crippen molar-refractivity contribution < 1.29 is 35.8 Å². The molecule has 0 atom stereocenters. The minimum atomic E-state index is -5.12. The van der Waals surface area contributed by atoms with Crippen molar-refractivity contribution in [1.82, 2.24) is 4.98 Å². The SMILES string of the molecule is COc1nc(CBr)c(OC(F)(F)F)cc1C(F)(F)F. The van der Waals surface area contributed by atoms with Crippen molar-refractivity contribution in [2.24, 2.45) is 0 Å². The Labute approximate surface area is 111 Å². The molecule has 108 valence electrons. The van der Waals surface area contributed by atoms with Gasteiger partial charge in [-0.3, -0.25) is 0 Å². The number of nitrogens with zero attached hydrogens (tertiary/aromatic N) is 1. The van der Waals surface area contributed by atoms with E-state index in [0.717, 1.165) is 7.11 Å². The lowest BCUT2D eigenvalue weighted by molar-refractivity contribution is -0.275. The number of ether oxygens (including phenoxy) is 2. The van der Waals surface area contributed by atoms with Crippen molar-refractivity contribution in [3.05, 3.63) is 17.3 Å². The van der Waals surface area contributed by atoms with Gasteiger partial charge in [-0.05, 0) is 0 Å². The van der Waals surface area contributed by atoms with Gasteiger partial charge in [0.25, 0.3) is 0 Å². The average Bonchev–Trinajstić information content (AvgIpc) is 2.25. The molecule has 1 aromatic rings. The normalized spacial score (nSPS) is 12.4. The first-order valence-corrected chi connectivity index (χ1v) is 5.67. The second kappa shape index (κ2) is 5.43. The average molecular weight is 354 g/mol. The molecule has 0 aliphatic heterocycles. The molecule has 0 amide bonds. The molecule has 0 aromatic carbocycles. The molecule has 0 fully saturated rings. The summed E-state index contributed by atoms with van der Waals surface area (Å²) in [5.41, 5.74) is -1.80. The molecule has 19 heavy (non-hydrogen) atoms. The zero-order chi connectivity index (χ0) is 14.8. The molecule has 0 N–H and O–H groups in total. The highest BCUT2D eigenvalue weighted by molar-refractivity contribution is 9.08. The maximum atomic E-state index is 12.6. The van der Waals surface area contributed by atoms with Crippen molar-refractivity contribution in [3.63, 3.8) is 0 Å². The Bertz CT molecular complexity index is 459. The van der Waals surface area contributed by atoms with Crippen LogP contribution in [-0.2, 0) is 11.5 Å². The van der Waals surface area contributed by atoms with Gasteiger partial charge in [0.1, 0.15) is 5.56 Å². The van der Waals surface area contributed by atoms with Gasteiger partial charge in [-0.2, -0.15) is 13.2 Å². The summed E-state index contributed by atoms with van der Waals surface area (Å²) >= 11 is 2.81. The topological polar surface area (TPSA) is 31.4 Å². The monoisotopic (exact) mass is 353 g/mol. The predicted molar refractivity (Wildman–Crippen MR) is 55.1 cm³/mol. The minimum Gasteiger partial charge on any atom is -0.481 e. The van der Waals surface area contributed by atoms with E-state index >= 15 is 0 Å². The molecule has 3 nitrogen and oxygen atoms in total. The number of rotatable bonds is 3. The first-order valence-electron chi connectivity index (χ1n) is 4.55. The highest BCUT2D eigenvalue weighted by Gasteiger charge is 2.39. The molecule has 0 aliphatic carbocycles. The molecule has 10 heteroatoms. The van der Waals surface area contributed by atoms with Crippen LogP contribution in [0.25, 0.3) is 0 Å². The van der Waals surface area contributed by atoms with Crippen LogP contribution in [0.1, 0.15) is 11.3 Å². The van der Waals surface area contributed by atoms with E-state index in [0.29, 0.717) is 0 Å². The number of halogens is 7. The van der Waals surface area contributed by atoms with Gasteiger partial charge in [0, 0.05) is 11.4 Å². The van der Waals surface area contributed by atoms with Crippen LogP contribution in [0.2, 0.25) is 0 Å². The molecule has 1 aromatic heterocycles. The Morgan fingerprint density at radius 2 is 1.79 bits per heavy atom.